The molecule has 0 amide bonds. The SMILES string of the molecule is CCc1ccc(C2(N(C)C)CCCNC2)cc1. The van der Waals surface area contributed by atoms with Gasteiger partial charge in [0.2, 0.25) is 0 Å². The van der Waals surface area contributed by atoms with Crippen molar-refractivity contribution in [1.29, 1.82) is 0 Å². The first-order valence-corrected chi connectivity index (χ1v) is 6.66. The monoisotopic (exact) mass is 232 g/mol. The van der Waals surface area contributed by atoms with E-state index in [-0.39, 0.29) is 5.54 Å². The minimum absolute atomic E-state index is 0.185. The Kier molecular flexibility index (Phi) is 3.85. The van der Waals surface area contributed by atoms with Gasteiger partial charge >= 0.3 is 0 Å². The van der Waals surface area contributed by atoms with Crippen LogP contribution in [-0.2, 0) is 12.0 Å². The number of aryl methyl sites for hydroxylation is 1. The molecule has 1 atom stereocenters. The third-order valence-corrected chi connectivity index (χ3v) is 4.12. The third-order valence-electron chi connectivity index (χ3n) is 4.12. The van der Waals surface area contributed by atoms with Crippen molar-refractivity contribution in [2.24, 2.45) is 0 Å². The Labute approximate surface area is 105 Å². The number of nitrogens with zero attached hydrogens (tertiary/aromatic N) is 1. The molecule has 0 aliphatic carbocycles. The van der Waals surface area contributed by atoms with Crippen LogP contribution >= 0.6 is 0 Å². The first kappa shape index (κ1) is 12.6. The van der Waals surface area contributed by atoms with Crippen LogP contribution in [0, 0.1) is 0 Å². The maximum Gasteiger partial charge on any atom is 0.0581 e. The van der Waals surface area contributed by atoms with E-state index in [1.54, 1.807) is 0 Å². The molecule has 17 heavy (non-hydrogen) atoms. The summed E-state index contributed by atoms with van der Waals surface area (Å²) >= 11 is 0. The molecule has 0 spiro atoms. The number of hydrogen-bond acceptors (Lipinski definition) is 2. The topological polar surface area (TPSA) is 15.3 Å². The first-order chi connectivity index (χ1) is 8.19. The fourth-order valence-corrected chi connectivity index (χ4v) is 2.83. The molecular formula is C15H24N2. The number of hydrogen-bond donors (Lipinski definition) is 1. The minimum atomic E-state index is 0.185. The van der Waals surface area contributed by atoms with E-state index in [0.29, 0.717) is 0 Å². The van der Waals surface area contributed by atoms with Crippen molar-refractivity contribution in [1.82, 2.24) is 10.2 Å². The molecule has 1 fully saturated rings. The van der Waals surface area contributed by atoms with Crippen LogP contribution in [0.5, 0.6) is 0 Å². The molecule has 2 rings (SSSR count). The molecule has 1 aromatic carbocycles. The molecule has 0 radical (unpaired) electrons. The van der Waals surface area contributed by atoms with Gasteiger partial charge in [0.1, 0.15) is 0 Å². The summed E-state index contributed by atoms with van der Waals surface area (Å²) in [4.78, 5) is 2.38. The Morgan fingerprint density at radius 1 is 1.24 bits per heavy atom. The Hall–Kier alpha value is -0.860. The standard InChI is InChI=1S/C15H24N2/c1-4-13-6-8-14(9-7-13)15(17(2)3)10-5-11-16-12-15/h6-9,16H,4-5,10-12H2,1-3H3. The smallest absolute Gasteiger partial charge is 0.0581 e. The van der Waals surface area contributed by atoms with Crippen LogP contribution in [0.15, 0.2) is 24.3 Å². The number of rotatable bonds is 3. The van der Waals surface area contributed by atoms with Gasteiger partial charge in [-0.15, -0.1) is 0 Å². The van der Waals surface area contributed by atoms with E-state index in [4.69, 9.17) is 0 Å². The van der Waals surface area contributed by atoms with Gasteiger partial charge in [0.15, 0.2) is 0 Å². The molecule has 0 saturated carbocycles. The lowest BCUT2D eigenvalue weighted by molar-refractivity contribution is 0.113. The summed E-state index contributed by atoms with van der Waals surface area (Å²) in [5.74, 6) is 0. The van der Waals surface area contributed by atoms with Gasteiger partial charge in [0.25, 0.3) is 0 Å². The van der Waals surface area contributed by atoms with E-state index in [0.717, 1.165) is 19.5 Å². The van der Waals surface area contributed by atoms with Crippen LogP contribution in [0.3, 0.4) is 0 Å². The summed E-state index contributed by atoms with van der Waals surface area (Å²) in [6, 6.07) is 9.17. The highest BCUT2D eigenvalue weighted by molar-refractivity contribution is 5.29. The van der Waals surface area contributed by atoms with Crippen LogP contribution in [0.2, 0.25) is 0 Å². The first-order valence-electron chi connectivity index (χ1n) is 6.66. The molecular weight excluding hydrogens is 208 g/mol. The number of likely N-dealkylation sites (N-methyl/N-ethyl adjacent to an activating group) is 1. The lowest BCUT2D eigenvalue weighted by Crippen LogP contribution is -2.52. The molecule has 1 unspecified atom stereocenters. The lowest BCUT2D eigenvalue weighted by atomic mass is 9.81. The van der Waals surface area contributed by atoms with Crippen molar-refractivity contribution in [2.75, 3.05) is 27.2 Å². The summed E-state index contributed by atoms with van der Waals surface area (Å²) in [7, 11) is 4.39. The van der Waals surface area contributed by atoms with Gasteiger partial charge in [0, 0.05) is 6.54 Å². The van der Waals surface area contributed by atoms with Gasteiger partial charge in [-0.3, -0.25) is 4.90 Å². The third kappa shape index (κ3) is 2.38. The Bertz CT molecular complexity index is 348. The second-order valence-electron chi connectivity index (χ2n) is 5.26. The summed E-state index contributed by atoms with van der Waals surface area (Å²) < 4.78 is 0. The second kappa shape index (κ2) is 5.19. The Balaban J connectivity index is 2.31. The highest BCUT2D eigenvalue weighted by Gasteiger charge is 2.35. The van der Waals surface area contributed by atoms with Gasteiger partial charge in [-0.2, -0.15) is 0 Å². The Morgan fingerprint density at radius 3 is 2.41 bits per heavy atom. The molecule has 2 heteroatoms. The largest absolute Gasteiger partial charge is 0.315 e. The average molecular weight is 232 g/mol. The number of nitrogens with one attached hydrogen (secondary N) is 1. The van der Waals surface area contributed by atoms with Crippen molar-refractivity contribution < 1.29 is 0 Å². The van der Waals surface area contributed by atoms with Crippen molar-refractivity contribution in [3.63, 3.8) is 0 Å². The normalized spacial score (nSPS) is 25.2. The van der Waals surface area contributed by atoms with Crippen molar-refractivity contribution >= 4 is 0 Å². The highest BCUT2D eigenvalue weighted by atomic mass is 15.2. The van der Waals surface area contributed by atoms with Crippen LogP contribution in [0.25, 0.3) is 0 Å². The zero-order chi connectivity index (χ0) is 12.3. The summed E-state index contributed by atoms with van der Waals surface area (Å²) in [6.45, 7) is 4.42. The van der Waals surface area contributed by atoms with Gasteiger partial charge < -0.3 is 5.32 Å². The van der Waals surface area contributed by atoms with Gasteiger partial charge in [-0.05, 0) is 51.0 Å². The molecule has 94 valence electrons. The van der Waals surface area contributed by atoms with Crippen molar-refractivity contribution in [3.05, 3.63) is 35.4 Å². The van der Waals surface area contributed by atoms with Crippen molar-refractivity contribution in [3.8, 4) is 0 Å². The molecule has 1 aliphatic rings. The van der Waals surface area contributed by atoms with Gasteiger partial charge in [0.05, 0.1) is 5.54 Å². The molecule has 0 aromatic heterocycles. The summed E-state index contributed by atoms with van der Waals surface area (Å²) in [5.41, 5.74) is 3.06. The molecule has 1 N–H and O–H groups in total. The lowest BCUT2D eigenvalue weighted by Gasteiger charge is -2.43. The predicted octanol–water partition coefficient (Wildman–Crippen LogP) is 2.39. The molecule has 1 aliphatic heterocycles. The number of piperidine rings is 1. The van der Waals surface area contributed by atoms with Crippen LogP contribution < -0.4 is 5.32 Å². The second-order valence-corrected chi connectivity index (χ2v) is 5.26. The molecule has 0 bridgehead atoms. The van der Waals surface area contributed by atoms with E-state index in [1.807, 2.05) is 0 Å². The maximum absolute atomic E-state index is 3.54. The summed E-state index contributed by atoms with van der Waals surface area (Å²) in [5, 5.41) is 3.54. The average Bonchev–Trinajstić information content (AvgIpc) is 2.39. The molecule has 1 saturated heterocycles. The molecule has 1 heterocycles. The van der Waals surface area contributed by atoms with E-state index in [2.05, 4.69) is 55.5 Å². The van der Waals surface area contributed by atoms with Gasteiger partial charge in [-0.1, -0.05) is 31.2 Å². The van der Waals surface area contributed by atoms with Crippen LogP contribution in [-0.4, -0.2) is 32.1 Å². The van der Waals surface area contributed by atoms with E-state index in [1.165, 1.54) is 24.0 Å². The van der Waals surface area contributed by atoms with Gasteiger partial charge in [-0.25, -0.2) is 0 Å². The zero-order valence-corrected chi connectivity index (χ0v) is 11.3. The van der Waals surface area contributed by atoms with Crippen LogP contribution in [0.4, 0.5) is 0 Å². The molecule has 2 nitrogen and oxygen atoms in total. The Morgan fingerprint density at radius 2 is 1.94 bits per heavy atom. The van der Waals surface area contributed by atoms with Crippen molar-refractivity contribution in [2.45, 2.75) is 31.7 Å². The quantitative estimate of drug-likeness (QED) is 0.861. The van der Waals surface area contributed by atoms with E-state index >= 15 is 0 Å². The zero-order valence-electron chi connectivity index (χ0n) is 11.3. The molecule has 1 aromatic rings. The maximum atomic E-state index is 3.54. The fourth-order valence-electron chi connectivity index (χ4n) is 2.83. The predicted molar refractivity (Wildman–Crippen MR) is 73.3 cm³/mol. The summed E-state index contributed by atoms with van der Waals surface area (Å²) in [6.07, 6.45) is 3.62. The van der Waals surface area contributed by atoms with Crippen LogP contribution in [0.1, 0.15) is 30.9 Å². The minimum Gasteiger partial charge on any atom is -0.315 e. The fraction of sp³-hybridized carbons (Fsp3) is 0.600. The highest BCUT2D eigenvalue weighted by Crippen LogP contribution is 2.33. The number of benzene rings is 1. The van der Waals surface area contributed by atoms with E-state index < -0.39 is 0 Å². The van der Waals surface area contributed by atoms with E-state index in [9.17, 15) is 0 Å².